The Morgan fingerprint density at radius 2 is 2.05 bits per heavy atom. The number of fused-ring (bicyclic) bond motifs is 1. The van der Waals surface area contributed by atoms with Crippen molar-refractivity contribution in [3.63, 3.8) is 0 Å². The molecule has 2 atom stereocenters. The molecule has 1 saturated heterocycles. The van der Waals surface area contributed by atoms with Crippen LogP contribution in [0.1, 0.15) is 24.8 Å². The highest BCUT2D eigenvalue weighted by Crippen LogP contribution is 2.25. The molecule has 0 aromatic heterocycles. The predicted octanol–water partition coefficient (Wildman–Crippen LogP) is 2.43. The summed E-state index contributed by atoms with van der Waals surface area (Å²) >= 11 is 0. The van der Waals surface area contributed by atoms with Gasteiger partial charge in [0.15, 0.2) is 0 Å². The van der Waals surface area contributed by atoms with E-state index in [4.69, 9.17) is 4.74 Å². The van der Waals surface area contributed by atoms with E-state index in [1.165, 1.54) is 0 Å². The first kappa shape index (κ1) is 14.9. The first-order valence-corrected chi connectivity index (χ1v) is 7.76. The van der Waals surface area contributed by atoms with E-state index < -0.39 is 0 Å². The lowest BCUT2D eigenvalue weighted by Gasteiger charge is -2.17. The number of ether oxygens (including phenoxy) is 1. The fourth-order valence-corrected chi connectivity index (χ4v) is 2.89. The minimum atomic E-state index is -0.146. The molecule has 1 aliphatic rings. The van der Waals surface area contributed by atoms with Gasteiger partial charge in [-0.2, -0.15) is 0 Å². The van der Waals surface area contributed by atoms with E-state index in [2.05, 4.69) is 16.7 Å². The summed E-state index contributed by atoms with van der Waals surface area (Å²) < 4.78 is 5.24. The Hall–Kier alpha value is -2.07. The second-order valence-corrected chi connectivity index (χ2v) is 5.89. The quantitative estimate of drug-likeness (QED) is 0.911. The summed E-state index contributed by atoms with van der Waals surface area (Å²) in [6.45, 7) is 3.81. The topological polar surface area (TPSA) is 50.4 Å². The summed E-state index contributed by atoms with van der Waals surface area (Å²) in [4.78, 5) is 12.4. The van der Waals surface area contributed by atoms with E-state index in [0.29, 0.717) is 0 Å². The molecule has 2 unspecified atom stereocenters. The highest BCUT2D eigenvalue weighted by Gasteiger charge is 2.21. The maximum Gasteiger partial charge on any atom is 0.227 e. The van der Waals surface area contributed by atoms with Crippen molar-refractivity contribution in [3.05, 3.63) is 42.0 Å². The Kier molecular flexibility index (Phi) is 4.29. The van der Waals surface area contributed by atoms with E-state index in [0.717, 1.165) is 41.6 Å². The molecule has 0 radical (unpaired) electrons. The van der Waals surface area contributed by atoms with Gasteiger partial charge in [0, 0.05) is 12.6 Å². The summed E-state index contributed by atoms with van der Waals surface area (Å²) in [7, 11) is 1.67. The van der Waals surface area contributed by atoms with Gasteiger partial charge < -0.3 is 15.4 Å². The minimum Gasteiger partial charge on any atom is -0.497 e. The first-order chi connectivity index (χ1) is 10.7. The largest absolute Gasteiger partial charge is 0.497 e. The summed E-state index contributed by atoms with van der Waals surface area (Å²) in [5.74, 6) is 0.799. The lowest BCUT2D eigenvalue weighted by Crippen LogP contribution is -2.38. The van der Waals surface area contributed by atoms with Crippen LogP contribution in [0.2, 0.25) is 0 Å². The van der Waals surface area contributed by atoms with E-state index >= 15 is 0 Å². The third-order valence-corrected chi connectivity index (χ3v) is 4.37. The van der Waals surface area contributed by atoms with Gasteiger partial charge in [-0.25, -0.2) is 0 Å². The molecular weight excluding hydrogens is 276 g/mol. The van der Waals surface area contributed by atoms with E-state index in [1.54, 1.807) is 7.11 Å². The smallest absolute Gasteiger partial charge is 0.227 e. The minimum absolute atomic E-state index is 0.0987. The van der Waals surface area contributed by atoms with Crippen LogP contribution in [0, 0.1) is 0 Å². The van der Waals surface area contributed by atoms with Crippen LogP contribution in [-0.2, 0) is 4.79 Å². The average Bonchev–Trinajstić information content (AvgIpc) is 3.06. The SMILES string of the molecule is COc1ccc2cc(C(C)C(=O)NC3CCNC3)ccc2c1. The molecule has 0 bridgehead atoms. The molecule has 3 rings (SSSR count). The zero-order valence-electron chi connectivity index (χ0n) is 13.1. The van der Waals surface area contributed by atoms with Crippen LogP contribution >= 0.6 is 0 Å². The molecule has 0 saturated carbocycles. The van der Waals surface area contributed by atoms with Crippen LogP contribution in [0.3, 0.4) is 0 Å². The van der Waals surface area contributed by atoms with Gasteiger partial charge in [-0.3, -0.25) is 4.79 Å². The number of methoxy groups -OCH3 is 1. The normalized spacial score (nSPS) is 19.1. The summed E-state index contributed by atoms with van der Waals surface area (Å²) in [6.07, 6.45) is 1.01. The third-order valence-electron chi connectivity index (χ3n) is 4.37. The van der Waals surface area contributed by atoms with Crippen molar-refractivity contribution < 1.29 is 9.53 Å². The number of hydrogen-bond donors (Lipinski definition) is 2. The van der Waals surface area contributed by atoms with E-state index in [1.807, 2.05) is 37.3 Å². The Morgan fingerprint density at radius 1 is 1.27 bits per heavy atom. The van der Waals surface area contributed by atoms with Crippen LogP contribution in [0.15, 0.2) is 36.4 Å². The predicted molar refractivity (Wildman–Crippen MR) is 88.3 cm³/mol. The standard InChI is InChI=1S/C18H22N2O2/c1-12(18(21)20-16-7-8-19-11-16)13-3-4-15-10-17(22-2)6-5-14(15)9-13/h3-6,9-10,12,16,19H,7-8,11H2,1-2H3,(H,20,21). The second-order valence-electron chi connectivity index (χ2n) is 5.89. The van der Waals surface area contributed by atoms with E-state index in [-0.39, 0.29) is 17.9 Å². The van der Waals surface area contributed by atoms with Crippen molar-refractivity contribution in [1.82, 2.24) is 10.6 Å². The number of hydrogen-bond acceptors (Lipinski definition) is 3. The molecule has 116 valence electrons. The van der Waals surface area contributed by atoms with Crippen LogP contribution in [0.4, 0.5) is 0 Å². The average molecular weight is 298 g/mol. The zero-order chi connectivity index (χ0) is 15.5. The zero-order valence-corrected chi connectivity index (χ0v) is 13.1. The fourth-order valence-electron chi connectivity index (χ4n) is 2.89. The third kappa shape index (κ3) is 3.07. The van der Waals surface area contributed by atoms with Crippen molar-refractivity contribution in [1.29, 1.82) is 0 Å². The van der Waals surface area contributed by atoms with Crippen molar-refractivity contribution in [2.45, 2.75) is 25.3 Å². The lowest BCUT2D eigenvalue weighted by molar-refractivity contribution is -0.122. The van der Waals surface area contributed by atoms with Gasteiger partial charge >= 0.3 is 0 Å². The van der Waals surface area contributed by atoms with Crippen LogP contribution in [-0.4, -0.2) is 32.1 Å². The Balaban J connectivity index is 1.78. The fraction of sp³-hybridized carbons (Fsp3) is 0.389. The second kappa shape index (κ2) is 6.36. The molecule has 1 amide bonds. The van der Waals surface area contributed by atoms with Gasteiger partial charge in [0.25, 0.3) is 0 Å². The Morgan fingerprint density at radius 3 is 2.77 bits per heavy atom. The van der Waals surface area contributed by atoms with Crippen LogP contribution in [0.25, 0.3) is 10.8 Å². The summed E-state index contributed by atoms with van der Waals surface area (Å²) in [5.41, 5.74) is 1.04. The molecule has 4 heteroatoms. The molecule has 0 spiro atoms. The molecular formula is C18H22N2O2. The number of nitrogens with one attached hydrogen (secondary N) is 2. The van der Waals surface area contributed by atoms with Gasteiger partial charge in [0.05, 0.1) is 13.0 Å². The van der Waals surface area contributed by atoms with Gasteiger partial charge in [0.2, 0.25) is 5.91 Å². The molecule has 1 aliphatic heterocycles. The number of amides is 1. The summed E-state index contributed by atoms with van der Waals surface area (Å²) in [6, 6.07) is 12.4. The van der Waals surface area contributed by atoms with E-state index in [9.17, 15) is 4.79 Å². The van der Waals surface area contributed by atoms with Crippen molar-refractivity contribution in [2.24, 2.45) is 0 Å². The maximum atomic E-state index is 12.4. The van der Waals surface area contributed by atoms with Crippen LogP contribution in [0.5, 0.6) is 5.75 Å². The number of rotatable bonds is 4. The Bertz CT molecular complexity index is 678. The highest BCUT2D eigenvalue weighted by atomic mass is 16.5. The van der Waals surface area contributed by atoms with Gasteiger partial charge in [-0.05, 0) is 48.4 Å². The number of carbonyl (C=O) groups is 1. The highest BCUT2D eigenvalue weighted by molar-refractivity contribution is 5.88. The first-order valence-electron chi connectivity index (χ1n) is 7.76. The number of benzene rings is 2. The van der Waals surface area contributed by atoms with Crippen LogP contribution < -0.4 is 15.4 Å². The van der Waals surface area contributed by atoms with Gasteiger partial charge in [0.1, 0.15) is 5.75 Å². The lowest BCUT2D eigenvalue weighted by atomic mass is 9.96. The van der Waals surface area contributed by atoms with Gasteiger partial charge in [-0.15, -0.1) is 0 Å². The van der Waals surface area contributed by atoms with Crippen molar-refractivity contribution in [2.75, 3.05) is 20.2 Å². The van der Waals surface area contributed by atoms with Crippen molar-refractivity contribution in [3.8, 4) is 5.75 Å². The number of carbonyl (C=O) groups excluding carboxylic acids is 1. The summed E-state index contributed by atoms with van der Waals surface area (Å²) in [5, 5.41) is 8.63. The molecule has 4 nitrogen and oxygen atoms in total. The van der Waals surface area contributed by atoms with Gasteiger partial charge in [-0.1, -0.05) is 24.3 Å². The Labute approximate surface area is 130 Å². The molecule has 0 aliphatic carbocycles. The molecule has 2 N–H and O–H groups in total. The van der Waals surface area contributed by atoms with Crippen molar-refractivity contribution >= 4 is 16.7 Å². The molecule has 2 aromatic rings. The monoisotopic (exact) mass is 298 g/mol. The maximum absolute atomic E-state index is 12.4. The molecule has 22 heavy (non-hydrogen) atoms. The molecule has 1 fully saturated rings. The molecule has 1 heterocycles. The molecule has 2 aromatic carbocycles.